The first-order valence-corrected chi connectivity index (χ1v) is 30.2. The molecule has 3 aromatic carbocycles. The van der Waals surface area contributed by atoms with Crippen molar-refractivity contribution >= 4 is 93.8 Å². The Balaban J connectivity index is 0.841. The summed E-state index contributed by atoms with van der Waals surface area (Å²) in [5.41, 5.74) is 2.72. The number of benzene rings is 3. The third-order valence-electron chi connectivity index (χ3n) is 16.1. The van der Waals surface area contributed by atoms with Gasteiger partial charge in [0.15, 0.2) is 0 Å². The van der Waals surface area contributed by atoms with E-state index in [1.165, 1.54) is 21.9 Å². The number of nitrogens with zero attached hydrogens (tertiary/aromatic N) is 4. The fraction of sp³-hybridized carbons (Fsp3) is 0.456. The number of rotatable bonds is 17. The van der Waals surface area contributed by atoms with Crippen molar-refractivity contribution in [3.8, 4) is 11.8 Å². The Morgan fingerprint density at radius 3 is 2.39 bits per heavy atom. The first-order valence-electron chi connectivity index (χ1n) is 27.4. The van der Waals surface area contributed by atoms with Crippen molar-refractivity contribution in [2.75, 3.05) is 33.2 Å². The number of likely N-dealkylation sites (N-methyl/N-ethyl adjacent to an activating group) is 1. The molecule has 26 heteroatoms. The number of nitrogens with two attached hydrogens (primary N) is 1. The second-order valence-electron chi connectivity index (χ2n) is 21.8. The van der Waals surface area contributed by atoms with Crippen LogP contribution in [0.15, 0.2) is 66.7 Å². The van der Waals surface area contributed by atoms with Crippen LogP contribution in [0, 0.1) is 17.8 Å². The summed E-state index contributed by atoms with van der Waals surface area (Å²) < 4.78 is 41.1. The molecule has 4 fully saturated rings. The smallest absolute Gasteiger partial charge is 0.370 e. The van der Waals surface area contributed by atoms with Gasteiger partial charge in [-0.15, -0.1) is 11.3 Å². The standard InChI is InChI=1S/C57H63ClF2N9O12PS/c1-66-24-23-38-14-16-45(69(38)56(78)43(31-66)64-53(75)47-29-35-28-36(11-18-46(35)83-47)57(59,60)82(79,80)81)52(74)62-41(15-19-48(61)70)50(72)63-42(27-33-9-12-37(58)13-10-33)55(77)67-25-21-32(22-26-67)5-2-3-6-34-7-4-8-39-40(34)30-68(54(39)76)44-17-20-49(71)65-51(44)73/h4,7-13,18,28-29,32,38,41-45H,2,5,14-17,19-27,30-31H2,1H3,(H2,61,70)(H,62,74)(H,63,72)(H,64,75)(H,65,71,73)(H2,79,80,81)/t38-,41+,42+,43+,44?,45+/m1/s1. The minimum Gasteiger partial charge on any atom is -0.370 e. The molecule has 9 amide bonds. The fourth-order valence-corrected chi connectivity index (χ4v) is 13.1. The maximum atomic E-state index is 14.6. The summed E-state index contributed by atoms with van der Waals surface area (Å²) in [6.45, 7) is 1.48. The molecule has 1 aromatic heterocycles. The molecule has 9 rings (SSSR count). The molecule has 440 valence electrons. The molecule has 8 N–H and O–H groups in total. The van der Waals surface area contributed by atoms with Gasteiger partial charge in [-0.05, 0) is 130 Å². The van der Waals surface area contributed by atoms with E-state index in [1.54, 1.807) is 48.3 Å². The summed E-state index contributed by atoms with van der Waals surface area (Å²) in [6.07, 6.45) is 3.57. The number of fused-ring (bicyclic) bond motifs is 3. The average Bonchev–Trinajstić information content (AvgIpc) is 4.31. The molecule has 21 nitrogen and oxygen atoms in total. The van der Waals surface area contributed by atoms with E-state index in [1.807, 2.05) is 11.0 Å². The van der Waals surface area contributed by atoms with Crippen LogP contribution in [0.25, 0.3) is 10.1 Å². The molecule has 1 unspecified atom stereocenters. The van der Waals surface area contributed by atoms with Crippen LogP contribution in [0.5, 0.6) is 0 Å². The van der Waals surface area contributed by atoms with Gasteiger partial charge in [0.1, 0.15) is 30.2 Å². The minimum atomic E-state index is -5.87. The molecule has 0 aliphatic carbocycles. The summed E-state index contributed by atoms with van der Waals surface area (Å²) >= 11 is 7.12. The van der Waals surface area contributed by atoms with Crippen LogP contribution in [0.1, 0.15) is 113 Å². The number of piperidine rings is 2. The summed E-state index contributed by atoms with van der Waals surface area (Å²) in [5.74, 6) is 1.66. The number of hydrogen-bond donors (Lipinski definition) is 7. The predicted octanol–water partition coefficient (Wildman–Crippen LogP) is 3.88. The highest BCUT2D eigenvalue weighted by atomic mass is 35.5. The Morgan fingerprint density at radius 1 is 0.928 bits per heavy atom. The van der Waals surface area contributed by atoms with Crippen molar-refractivity contribution in [3.63, 3.8) is 0 Å². The lowest BCUT2D eigenvalue weighted by Crippen LogP contribution is -2.61. The normalized spacial score (nSPS) is 21.4. The van der Waals surface area contributed by atoms with E-state index in [0.29, 0.717) is 78.2 Å². The van der Waals surface area contributed by atoms with E-state index in [4.69, 9.17) is 17.3 Å². The predicted molar refractivity (Wildman–Crippen MR) is 300 cm³/mol. The zero-order chi connectivity index (χ0) is 59.5. The van der Waals surface area contributed by atoms with Crippen LogP contribution in [0.3, 0.4) is 0 Å². The van der Waals surface area contributed by atoms with Crippen molar-refractivity contribution in [2.45, 2.75) is 126 Å². The highest BCUT2D eigenvalue weighted by molar-refractivity contribution is 7.52. The number of alkyl halides is 2. The number of hydrogen-bond acceptors (Lipinski definition) is 12. The van der Waals surface area contributed by atoms with Gasteiger partial charge in [-0.2, -0.15) is 8.78 Å². The topological polar surface area (TPSA) is 298 Å². The van der Waals surface area contributed by atoms with Crippen molar-refractivity contribution in [1.29, 1.82) is 0 Å². The number of thiophene rings is 1. The molecule has 83 heavy (non-hydrogen) atoms. The Hall–Kier alpha value is -7.13. The van der Waals surface area contributed by atoms with Gasteiger partial charge in [0.05, 0.1) is 4.88 Å². The Kier molecular flexibility index (Phi) is 18.5. The second-order valence-corrected chi connectivity index (χ2v) is 25.0. The molecule has 5 aliphatic rings. The van der Waals surface area contributed by atoms with Crippen LogP contribution in [0.2, 0.25) is 5.02 Å². The molecular formula is C57H63ClF2N9O12PS. The molecule has 5 aliphatic heterocycles. The SMILES string of the molecule is CN1CC[C@H]2CC[C@@H](C(=O)N[C@@H](CCC(N)=O)C(=O)N[C@@H](Cc3ccc(Cl)cc3)C(=O)N3CCC(CCC#Cc4cccc5c4CN(C4CCC(=O)NC4=O)C5=O)CC3)N2C(=O)[C@@H](NC(=O)c2cc3cc(C(F)(F)P(=O)(O)O)ccc3s2)C1. The van der Waals surface area contributed by atoms with Gasteiger partial charge in [0, 0.05) is 84.3 Å². The molecule has 0 saturated carbocycles. The fourth-order valence-electron chi connectivity index (χ4n) is 11.6. The van der Waals surface area contributed by atoms with Gasteiger partial charge in [0.2, 0.25) is 41.4 Å². The summed E-state index contributed by atoms with van der Waals surface area (Å²) in [4.78, 5) is 147. The van der Waals surface area contributed by atoms with Crippen molar-refractivity contribution in [2.24, 2.45) is 11.7 Å². The van der Waals surface area contributed by atoms with Crippen molar-refractivity contribution in [1.82, 2.24) is 40.9 Å². The van der Waals surface area contributed by atoms with Crippen LogP contribution >= 0.6 is 30.5 Å². The van der Waals surface area contributed by atoms with E-state index < -0.39 is 90.5 Å². The van der Waals surface area contributed by atoms with Gasteiger partial charge < -0.3 is 51.1 Å². The summed E-state index contributed by atoms with van der Waals surface area (Å²) in [6, 6.07) is 10.3. The van der Waals surface area contributed by atoms with Gasteiger partial charge in [0.25, 0.3) is 11.8 Å². The highest BCUT2D eigenvalue weighted by Gasteiger charge is 2.51. The number of halogens is 3. The van der Waals surface area contributed by atoms with E-state index in [-0.39, 0.29) is 85.5 Å². The lowest BCUT2D eigenvalue weighted by molar-refractivity contribution is -0.144. The second kappa shape index (κ2) is 25.4. The van der Waals surface area contributed by atoms with E-state index in [2.05, 4.69) is 33.1 Å². The maximum absolute atomic E-state index is 14.6. The van der Waals surface area contributed by atoms with Gasteiger partial charge in [-0.25, -0.2) is 0 Å². The monoisotopic (exact) mass is 1200 g/mol. The highest BCUT2D eigenvalue weighted by Crippen LogP contribution is 2.59. The molecule has 0 spiro atoms. The maximum Gasteiger partial charge on any atom is 0.399 e. The molecule has 0 bridgehead atoms. The molecule has 6 atom stereocenters. The summed E-state index contributed by atoms with van der Waals surface area (Å²) in [7, 11) is -4.10. The number of likely N-dealkylation sites (tertiary alicyclic amines) is 1. The number of nitrogens with one attached hydrogen (secondary N) is 4. The number of imide groups is 1. The van der Waals surface area contributed by atoms with Crippen LogP contribution < -0.4 is 27.0 Å². The summed E-state index contributed by atoms with van der Waals surface area (Å²) in [5, 5.41) is 11.3. The van der Waals surface area contributed by atoms with Crippen LogP contribution in [0.4, 0.5) is 8.78 Å². The van der Waals surface area contributed by atoms with Crippen LogP contribution in [-0.4, -0.2) is 152 Å². The first-order chi connectivity index (χ1) is 39.4. The zero-order valence-corrected chi connectivity index (χ0v) is 47.7. The third-order valence-corrected chi connectivity index (χ3v) is 18.5. The Bertz CT molecular complexity index is 3360. The van der Waals surface area contributed by atoms with E-state index >= 15 is 0 Å². The van der Waals surface area contributed by atoms with E-state index in [9.17, 15) is 66.3 Å². The van der Waals surface area contributed by atoms with Crippen molar-refractivity contribution in [3.05, 3.63) is 104 Å². The van der Waals surface area contributed by atoms with Gasteiger partial charge >= 0.3 is 13.3 Å². The molecular weight excluding hydrogens is 1140 g/mol. The number of amides is 9. The first kappa shape index (κ1) is 60.5. The lowest BCUT2D eigenvalue weighted by atomic mass is 9.91. The largest absolute Gasteiger partial charge is 0.399 e. The molecule has 6 heterocycles. The number of carbonyl (C=O) groups is 9. The Morgan fingerprint density at radius 2 is 1.67 bits per heavy atom. The van der Waals surface area contributed by atoms with Crippen LogP contribution in [-0.2, 0) is 56.8 Å². The van der Waals surface area contributed by atoms with Gasteiger partial charge in [-0.3, -0.25) is 53.0 Å². The third kappa shape index (κ3) is 13.8. The Labute approximate surface area is 485 Å². The van der Waals surface area contributed by atoms with Crippen molar-refractivity contribution < 1.29 is 66.3 Å². The quantitative estimate of drug-likeness (QED) is 0.0449. The van der Waals surface area contributed by atoms with E-state index in [0.717, 1.165) is 35.5 Å². The minimum absolute atomic E-state index is 0.0256. The lowest BCUT2D eigenvalue weighted by Gasteiger charge is -2.38. The molecule has 4 aromatic rings. The zero-order valence-electron chi connectivity index (χ0n) is 45.2. The molecule has 4 saturated heterocycles. The van der Waals surface area contributed by atoms with Gasteiger partial charge in [-0.1, -0.05) is 47.7 Å². The number of carbonyl (C=O) groups excluding carboxylic acids is 9. The molecule has 0 radical (unpaired) electrons. The number of primary amides is 1. The average molecular weight is 1200 g/mol.